The van der Waals surface area contributed by atoms with E-state index in [1.54, 1.807) is 24.1 Å². The summed E-state index contributed by atoms with van der Waals surface area (Å²) in [4.78, 5) is 14.6. The van der Waals surface area contributed by atoms with Gasteiger partial charge in [0.2, 0.25) is 5.13 Å². The van der Waals surface area contributed by atoms with Crippen LogP contribution in [-0.4, -0.2) is 25.9 Å². The molecule has 0 fully saturated rings. The lowest BCUT2D eigenvalue weighted by Gasteiger charge is -1.94. The molecular formula is C16H12N6O3S. The first-order chi connectivity index (χ1) is 12.6. The maximum absolute atomic E-state index is 10.8. The number of hydrogen-bond acceptors (Lipinski definition) is 8. The first-order valence-corrected chi connectivity index (χ1v) is 8.35. The fourth-order valence-corrected chi connectivity index (χ4v) is 3.24. The SMILES string of the molecule is Cn1cc(/C=N/Nc2nc3ccccc3s2)c(-c2ccc([N+](=O)[O-])o2)n1. The van der Waals surface area contributed by atoms with E-state index in [2.05, 4.69) is 20.6 Å². The Hall–Kier alpha value is -3.53. The number of anilines is 1. The van der Waals surface area contributed by atoms with Crippen LogP contribution < -0.4 is 5.43 Å². The summed E-state index contributed by atoms with van der Waals surface area (Å²) in [6, 6.07) is 10.6. The van der Waals surface area contributed by atoms with Crippen LogP contribution in [0.1, 0.15) is 5.56 Å². The zero-order chi connectivity index (χ0) is 18.1. The highest BCUT2D eigenvalue weighted by atomic mass is 32.1. The molecule has 10 heteroatoms. The van der Waals surface area contributed by atoms with Gasteiger partial charge in [0.15, 0.2) is 5.76 Å². The van der Waals surface area contributed by atoms with E-state index in [0.29, 0.717) is 22.1 Å². The number of nitrogens with zero attached hydrogens (tertiary/aromatic N) is 5. The van der Waals surface area contributed by atoms with Crippen LogP contribution in [-0.2, 0) is 7.05 Å². The number of hydrazone groups is 1. The predicted molar refractivity (Wildman–Crippen MR) is 98.4 cm³/mol. The number of thiazole rings is 1. The van der Waals surface area contributed by atoms with Gasteiger partial charge in [-0.1, -0.05) is 23.5 Å². The van der Waals surface area contributed by atoms with E-state index in [0.717, 1.165) is 10.2 Å². The van der Waals surface area contributed by atoms with Gasteiger partial charge in [0, 0.05) is 18.8 Å². The van der Waals surface area contributed by atoms with E-state index < -0.39 is 4.92 Å². The summed E-state index contributed by atoms with van der Waals surface area (Å²) in [6.07, 6.45) is 3.32. The van der Waals surface area contributed by atoms with Gasteiger partial charge >= 0.3 is 5.88 Å². The highest BCUT2D eigenvalue weighted by Crippen LogP contribution is 2.27. The molecule has 0 saturated heterocycles. The van der Waals surface area contributed by atoms with Gasteiger partial charge in [-0.3, -0.25) is 20.2 Å². The van der Waals surface area contributed by atoms with E-state index in [1.807, 2.05) is 24.3 Å². The first kappa shape index (κ1) is 16.0. The van der Waals surface area contributed by atoms with Crippen LogP contribution in [0.2, 0.25) is 0 Å². The molecule has 0 spiro atoms. The Morgan fingerprint density at radius 2 is 2.19 bits per heavy atom. The van der Waals surface area contributed by atoms with Gasteiger partial charge in [-0.15, -0.1) is 0 Å². The quantitative estimate of drug-likeness (QED) is 0.327. The Bertz CT molecular complexity index is 1090. The maximum atomic E-state index is 10.8. The topological polar surface area (TPSA) is 111 Å². The highest BCUT2D eigenvalue weighted by Gasteiger charge is 2.17. The number of benzene rings is 1. The normalized spacial score (nSPS) is 11.4. The molecule has 0 unspecified atom stereocenters. The smallest absolute Gasteiger partial charge is 0.399 e. The minimum atomic E-state index is -0.588. The Morgan fingerprint density at radius 1 is 1.35 bits per heavy atom. The number of para-hydroxylation sites is 1. The van der Waals surface area contributed by atoms with E-state index in [1.165, 1.54) is 23.5 Å². The third-order valence-corrected chi connectivity index (χ3v) is 4.46. The van der Waals surface area contributed by atoms with Crippen molar-refractivity contribution in [3.8, 4) is 11.5 Å². The minimum absolute atomic E-state index is 0.304. The largest absolute Gasteiger partial charge is 0.433 e. The van der Waals surface area contributed by atoms with E-state index in [9.17, 15) is 10.1 Å². The Balaban J connectivity index is 1.57. The predicted octanol–water partition coefficient (Wildman–Crippen LogP) is 3.64. The first-order valence-electron chi connectivity index (χ1n) is 7.53. The van der Waals surface area contributed by atoms with Gasteiger partial charge in [0.05, 0.1) is 22.5 Å². The van der Waals surface area contributed by atoms with Crippen molar-refractivity contribution in [2.75, 3.05) is 5.43 Å². The van der Waals surface area contributed by atoms with Crippen molar-refractivity contribution in [3.05, 3.63) is 58.3 Å². The van der Waals surface area contributed by atoms with Gasteiger partial charge in [-0.05, 0) is 18.2 Å². The monoisotopic (exact) mass is 368 g/mol. The summed E-state index contributed by atoms with van der Waals surface area (Å²) in [5, 5.41) is 19.9. The number of hydrogen-bond donors (Lipinski definition) is 1. The van der Waals surface area contributed by atoms with Crippen molar-refractivity contribution >= 4 is 38.8 Å². The van der Waals surface area contributed by atoms with Crippen LogP contribution >= 0.6 is 11.3 Å². The molecule has 0 bridgehead atoms. The number of fused-ring (bicyclic) bond motifs is 1. The van der Waals surface area contributed by atoms with E-state index >= 15 is 0 Å². The van der Waals surface area contributed by atoms with Crippen LogP contribution in [0.25, 0.3) is 21.7 Å². The Kier molecular flexibility index (Phi) is 3.93. The van der Waals surface area contributed by atoms with Crippen molar-refractivity contribution < 1.29 is 9.34 Å². The summed E-state index contributed by atoms with van der Waals surface area (Å²) in [5.74, 6) is -0.0279. The van der Waals surface area contributed by atoms with Crippen LogP contribution in [0.4, 0.5) is 11.0 Å². The number of furan rings is 1. The lowest BCUT2D eigenvalue weighted by atomic mass is 10.2. The fourth-order valence-electron chi connectivity index (χ4n) is 2.42. The molecule has 0 aliphatic carbocycles. The summed E-state index contributed by atoms with van der Waals surface area (Å²) >= 11 is 1.49. The van der Waals surface area contributed by atoms with Gasteiger partial charge in [-0.25, -0.2) is 4.98 Å². The molecule has 0 radical (unpaired) electrons. The van der Waals surface area contributed by atoms with Crippen molar-refractivity contribution in [1.82, 2.24) is 14.8 Å². The molecule has 1 N–H and O–H groups in total. The number of aryl methyl sites for hydroxylation is 1. The van der Waals surface area contributed by atoms with E-state index in [-0.39, 0.29) is 5.88 Å². The molecule has 130 valence electrons. The highest BCUT2D eigenvalue weighted by molar-refractivity contribution is 7.22. The molecule has 1 aromatic carbocycles. The fraction of sp³-hybridized carbons (Fsp3) is 0.0625. The molecule has 4 aromatic rings. The minimum Gasteiger partial charge on any atom is -0.399 e. The summed E-state index contributed by atoms with van der Waals surface area (Å²) in [6.45, 7) is 0. The molecular weight excluding hydrogens is 356 g/mol. The molecule has 0 aliphatic rings. The Labute approximate surface area is 150 Å². The van der Waals surface area contributed by atoms with E-state index in [4.69, 9.17) is 4.42 Å². The second-order valence-electron chi connectivity index (χ2n) is 5.36. The van der Waals surface area contributed by atoms with Crippen molar-refractivity contribution in [3.63, 3.8) is 0 Å². The van der Waals surface area contributed by atoms with Gasteiger partial charge in [-0.2, -0.15) is 10.2 Å². The molecule has 0 amide bonds. The maximum Gasteiger partial charge on any atom is 0.433 e. The molecule has 3 heterocycles. The number of rotatable bonds is 5. The third kappa shape index (κ3) is 3.05. The van der Waals surface area contributed by atoms with Crippen LogP contribution in [0.3, 0.4) is 0 Å². The lowest BCUT2D eigenvalue weighted by molar-refractivity contribution is -0.401. The van der Waals surface area contributed by atoms with Gasteiger partial charge < -0.3 is 4.42 Å². The average molecular weight is 368 g/mol. The second-order valence-corrected chi connectivity index (χ2v) is 6.39. The molecule has 0 atom stereocenters. The number of nitrogens with one attached hydrogen (secondary N) is 1. The van der Waals surface area contributed by atoms with Gasteiger partial charge in [0.1, 0.15) is 10.6 Å². The molecule has 26 heavy (non-hydrogen) atoms. The zero-order valence-electron chi connectivity index (χ0n) is 13.5. The third-order valence-electron chi connectivity index (χ3n) is 3.52. The number of aromatic nitrogens is 3. The van der Waals surface area contributed by atoms with Crippen molar-refractivity contribution in [2.24, 2.45) is 12.1 Å². The van der Waals surface area contributed by atoms with Crippen molar-refractivity contribution in [2.45, 2.75) is 0 Å². The zero-order valence-corrected chi connectivity index (χ0v) is 14.3. The van der Waals surface area contributed by atoms with Crippen LogP contribution in [0.5, 0.6) is 0 Å². The Morgan fingerprint density at radius 3 is 2.96 bits per heavy atom. The summed E-state index contributed by atoms with van der Waals surface area (Å²) < 4.78 is 7.87. The molecule has 4 rings (SSSR count). The average Bonchev–Trinajstić information content (AvgIpc) is 3.32. The standard InChI is InChI=1S/C16H12N6O3S/c1-21-9-10(15(20-21)12-6-7-14(25-12)22(23)24)8-17-19-16-18-11-4-2-3-5-13(11)26-16/h2-9H,1H3,(H,18,19)/b17-8+. The summed E-state index contributed by atoms with van der Waals surface area (Å²) in [5.41, 5.74) is 4.92. The molecule has 3 aromatic heterocycles. The van der Waals surface area contributed by atoms with Crippen molar-refractivity contribution in [1.29, 1.82) is 0 Å². The van der Waals surface area contributed by atoms with Crippen LogP contribution in [0.15, 0.2) is 52.1 Å². The van der Waals surface area contributed by atoms with Gasteiger partial charge in [0.25, 0.3) is 0 Å². The lowest BCUT2D eigenvalue weighted by Crippen LogP contribution is -1.90. The second kappa shape index (κ2) is 6.41. The molecule has 0 aliphatic heterocycles. The molecule has 9 nitrogen and oxygen atoms in total. The summed E-state index contributed by atoms with van der Waals surface area (Å²) in [7, 11) is 1.75. The number of nitro groups is 1. The molecule has 0 saturated carbocycles. The van der Waals surface area contributed by atoms with Crippen LogP contribution in [0, 0.1) is 10.1 Å².